The number of benzene rings is 1. The molecule has 0 amide bonds. The van der Waals surface area contributed by atoms with Gasteiger partial charge in [-0.05, 0) is 43.3 Å². The van der Waals surface area contributed by atoms with Crippen molar-refractivity contribution in [2.75, 3.05) is 11.3 Å². The van der Waals surface area contributed by atoms with Gasteiger partial charge in [-0.3, -0.25) is 4.72 Å². The number of hydrogen-bond donors (Lipinski definition) is 1. The van der Waals surface area contributed by atoms with Gasteiger partial charge in [0.15, 0.2) is 0 Å². The molecule has 0 unspecified atom stereocenters. The van der Waals surface area contributed by atoms with Crippen molar-refractivity contribution in [2.45, 2.75) is 11.8 Å². The monoisotopic (exact) mass is 346 g/mol. The largest absolute Gasteiger partial charge is 0.477 e. The Morgan fingerprint density at radius 2 is 2.04 bits per heavy atom. The molecule has 0 fully saturated rings. The van der Waals surface area contributed by atoms with Crippen molar-refractivity contribution in [1.82, 2.24) is 4.98 Å². The summed E-state index contributed by atoms with van der Waals surface area (Å²) in [5.74, 6) is 0.0410. The summed E-state index contributed by atoms with van der Waals surface area (Å²) in [5, 5.41) is 0.603. The lowest BCUT2D eigenvalue weighted by molar-refractivity contribution is 0.317. The molecule has 0 radical (unpaired) electrons. The first-order chi connectivity index (χ1) is 11.5. The van der Waals surface area contributed by atoms with E-state index in [1.165, 1.54) is 36.5 Å². The molecule has 0 saturated heterocycles. The number of fused-ring (bicyclic) bond motifs is 1. The van der Waals surface area contributed by atoms with Gasteiger partial charge < -0.3 is 9.15 Å². The number of ether oxygens (including phenoxy) is 1. The predicted octanol–water partition coefficient (Wildman–Crippen LogP) is 2.39. The van der Waals surface area contributed by atoms with Crippen LogP contribution in [0.3, 0.4) is 0 Å². The summed E-state index contributed by atoms with van der Waals surface area (Å²) in [5.41, 5.74) is 0.247. The van der Waals surface area contributed by atoms with Gasteiger partial charge in [0.2, 0.25) is 5.88 Å². The number of pyridine rings is 1. The summed E-state index contributed by atoms with van der Waals surface area (Å²) in [6.07, 6.45) is 1.46. The highest BCUT2D eigenvalue weighted by Gasteiger charge is 2.20. The van der Waals surface area contributed by atoms with Crippen LogP contribution < -0.4 is 15.1 Å². The van der Waals surface area contributed by atoms with Crippen molar-refractivity contribution in [3.8, 4) is 5.88 Å². The minimum absolute atomic E-state index is 0.0410. The fourth-order valence-electron chi connectivity index (χ4n) is 2.17. The second kappa shape index (κ2) is 6.32. The molecule has 0 bridgehead atoms. The van der Waals surface area contributed by atoms with E-state index in [2.05, 4.69) is 9.71 Å². The number of nitrogens with zero attached hydrogens (tertiary/aromatic N) is 1. The van der Waals surface area contributed by atoms with Crippen LogP contribution in [0.4, 0.5) is 5.69 Å². The number of rotatable bonds is 5. The van der Waals surface area contributed by atoms with E-state index in [1.54, 1.807) is 19.1 Å². The molecule has 1 N–H and O–H groups in total. The van der Waals surface area contributed by atoms with Crippen LogP contribution in [0.25, 0.3) is 11.0 Å². The van der Waals surface area contributed by atoms with Crippen LogP contribution in [0.5, 0.6) is 5.88 Å². The Bertz CT molecular complexity index is 1040. The van der Waals surface area contributed by atoms with Crippen molar-refractivity contribution in [1.29, 1.82) is 0 Å². The van der Waals surface area contributed by atoms with Crippen LogP contribution in [0.1, 0.15) is 6.92 Å². The molecule has 0 aliphatic carbocycles. The maximum Gasteiger partial charge on any atom is 0.336 e. The topological polar surface area (TPSA) is 98.5 Å². The zero-order chi connectivity index (χ0) is 17.2. The van der Waals surface area contributed by atoms with Crippen LogP contribution >= 0.6 is 0 Å². The van der Waals surface area contributed by atoms with Gasteiger partial charge in [-0.25, -0.2) is 18.2 Å². The van der Waals surface area contributed by atoms with Crippen LogP contribution in [0.2, 0.25) is 0 Å². The molecule has 124 valence electrons. The molecule has 1 aromatic carbocycles. The quantitative estimate of drug-likeness (QED) is 0.712. The zero-order valence-corrected chi connectivity index (χ0v) is 13.5. The summed E-state index contributed by atoms with van der Waals surface area (Å²) >= 11 is 0. The summed E-state index contributed by atoms with van der Waals surface area (Å²) in [7, 11) is -3.87. The average Bonchev–Trinajstić information content (AvgIpc) is 2.55. The minimum Gasteiger partial charge on any atom is -0.477 e. The SMILES string of the molecule is CCOc1ncccc1S(=O)(=O)Nc1ccc2oc(=O)ccc2c1. The van der Waals surface area contributed by atoms with E-state index in [-0.39, 0.29) is 10.8 Å². The predicted molar refractivity (Wildman–Crippen MR) is 88.7 cm³/mol. The molecule has 24 heavy (non-hydrogen) atoms. The molecule has 8 heteroatoms. The Balaban J connectivity index is 1.98. The Hall–Kier alpha value is -2.87. The molecule has 0 atom stereocenters. The van der Waals surface area contributed by atoms with Crippen molar-refractivity contribution in [3.05, 3.63) is 59.1 Å². The van der Waals surface area contributed by atoms with Crippen molar-refractivity contribution in [2.24, 2.45) is 0 Å². The molecule has 0 aliphatic heterocycles. The molecule has 0 saturated carbocycles. The van der Waals surface area contributed by atoms with Crippen molar-refractivity contribution >= 4 is 26.7 Å². The maximum absolute atomic E-state index is 12.6. The first kappa shape index (κ1) is 16.0. The van der Waals surface area contributed by atoms with Crippen LogP contribution in [0, 0.1) is 0 Å². The molecular weight excluding hydrogens is 332 g/mol. The van der Waals surface area contributed by atoms with E-state index in [0.29, 0.717) is 23.3 Å². The van der Waals surface area contributed by atoms with Gasteiger partial charge >= 0.3 is 5.63 Å². The lowest BCUT2D eigenvalue weighted by Gasteiger charge is -2.11. The maximum atomic E-state index is 12.6. The van der Waals surface area contributed by atoms with E-state index in [9.17, 15) is 13.2 Å². The first-order valence-electron chi connectivity index (χ1n) is 7.14. The zero-order valence-electron chi connectivity index (χ0n) is 12.7. The van der Waals surface area contributed by atoms with Crippen molar-refractivity contribution < 1.29 is 17.6 Å². The Morgan fingerprint density at radius 1 is 1.21 bits per heavy atom. The van der Waals surface area contributed by atoms with Crippen LogP contribution in [-0.2, 0) is 10.0 Å². The van der Waals surface area contributed by atoms with Crippen molar-refractivity contribution in [3.63, 3.8) is 0 Å². The molecule has 2 aromatic heterocycles. The molecule has 2 heterocycles. The first-order valence-corrected chi connectivity index (χ1v) is 8.62. The molecule has 0 spiro atoms. The van der Waals surface area contributed by atoms with Gasteiger partial charge in [-0.1, -0.05) is 0 Å². The second-order valence-corrected chi connectivity index (χ2v) is 6.50. The van der Waals surface area contributed by atoms with Gasteiger partial charge in [0.25, 0.3) is 10.0 Å². The molecule has 3 rings (SSSR count). The van der Waals surface area contributed by atoms with Gasteiger partial charge in [-0.2, -0.15) is 0 Å². The van der Waals surface area contributed by atoms with Crippen LogP contribution in [0.15, 0.2) is 62.8 Å². The fourth-order valence-corrected chi connectivity index (χ4v) is 3.32. The summed E-state index contributed by atoms with van der Waals surface area (Å²) in [4.78, 5) is 15.1. The third-order valence-electron chi connectivity index (χ3n) is 3.18. The lowest BCUT2D eigenvalue weighted by atomic mass is 10.2. The third-order valence-corrected chi connectivity index (χ3v) is 4.57. The summed E-state index contributed by atoms with van der Waals surface area (Å²) in [6, 6.07) is 10.4. The van der Waals surface area contributed by atoms with E-state index in [4.69, 9.17) is 9.15 Å². The minimum atomic E-state index is -3.87. The lowest BCUT2D eigenvalue weighted by Crippen LogP contribution is -2.15. The second-order valence-electron chi connectivity index (χ2n) is 4.85. The molecular formula is C16H14N2O5S. The van der Waals surface area contributed by atoms with Gasteiger partial charge in [0.05, 0.1) is 6.61 Å². The Morgan fingerprint density at radius 3 is 2.83 bits per heavy atom. The van der Waals surface area contributed by atoms with E-state index in [1.807, 2.05) is 0 Å². The van der Waals surface area contributed by atoms with Gasteiger partial charge in [0, 0.05) is 23.3 Å². The van der Waals surface area contributed by atoms with Gasteiger partial charge in [-0.15, -0.1) is 0 Å². The number of nitrogens with one attached hydrogen (secondary N) is 1. The number of sulfonamides is 1. The average molecular weight is 346 g/mol. The summed E-state index contributed by atoms with van der Waals surface area (Å²) < 4.78 is 37.9. The highest BCUT2D eigenvalue weighted by molar-refractivity contribution is 7.92. The van der Waals surface area contributed by atoms with Crippen LogP contribution in [-0.4, -0.2) is 20.0 Å². The Kier molecular flexibility index (Phi) is 4.22. The molecule has 7 nitrogen and oxygen atoms in total. The molecule has 3 aromatic rings. The smallest absolute Gasteiger partial charge is 0.336 e. The molecule has 0 aliphatic rings. The summed E-state index contributed by atoms with van der Waals surface area (Å²) in [6.45, 7) is 2.05. The standard InChI is InChI=1S/C16H14N2O5S/c1-2-22-16-14(4-3-9-17-16)24(20,21)18-12-6-7-13-11(10-12)5-8-15(19)23-13/h3-10,18H,2H2,1H3. The van der Waals surface area contributed by atoms with E-state index < -0.39 is 15.6 Å². The fraction of sp³-hybridized carbons (Fsp3) is 0.125. The van der Waals surface area contributed by atoms with Gasteiger partial charge in [0.1, 0.15) is 10.5 Å². The Labute approximate surface area is 138 Å². The highest BCUT2D eigenvalue weighted by Crippen LogP contribution is 2.25. The van der Waals surface area contributed by atoms with E-state index >= 15 is 0 Å². The third kappa shape index (κ3) is 3.23. The highest BCUT2D eigenvalue weighted by atomic mass is 32.2. The van der Waals surface area contributed by atoms with E-state index in [0.717, 1.165) is 0 Å². The normalized spacial score (nSPS) is 11.4. The number of aromatic nitrogens is 1. The number of anilines is 1. The number of hydrogen-bond acceptors (Lipinski definition) is 6.